The Hall–Kier alpha value is -0.450. The first-order valence-electron chi connectivity index (χ1n) is 7.09. The summed E-state index contributed by atoms with van der Waals surface area (Å²) in [4.78, 5) is 7.22. The molecule has 0 aromatic carbocycles. The van der Waals surface area contributed by atoms with Gasteiger partial charge in [-0.15, -0.1) is 11.3 Å². The van der Waals surface area contributed by atoms with Crippen molar-refractivity contribution < 1.29 is 0 Å². The summed E-state index contributed by atoms with van der Waals surface area (Å²) < 4.78 is 0. The van der Waals surface area contributed by atoms with Crippen molar-refractivity contribution in [3.63, 3.8) is 0 Å². The number of nitrogens with one attached hydrogen (secondary N) is 1. The van der Waals surface area contributed by atoms with Crippen molar-refractivity contribution >= 4 is 11.3 Å². The van der Waals surface area contributed by atoms with E-state index in [1.807, 2.05) is 0 Å². The largest absolute Gasteiger partial charge is 0.308 e. The molecule has 18 heavy (non-hydrogen) atoms. The normalized spacial score (nSPS) is 15.8. The Balaban J connectivity index is 1.83. The Morgan fingerprint density at radius 3 is 2.89 bits per heavy atom. The molecule has 2 rings (SSSR count). The molecule has 1 aromatic rings. The summed E-state index contributed by atoms with van der Waals surface area (Å²) in [7, 11) is 0. The highest BCUT2D eigenvalue weighted by molar-refractivity contribution is 7.09. The number of rotatable bonds is 8. The molecule has 1 fully saturated rings. The second-order valence-electron chi connectivity index (χ2n) is 5.45. The quantitative estimate of drug-likeness (QED) is 0.785. The predicted octanol–water partition coefficient (Wildman–Crippen LogP) is 3.02. The molecule has 0 amide bonds. The molecule has 4 heteroatoms. The lowest BCUT2D eigenvalue weighted by molar-refractivity contribution is 0.211. The zero-order valence-electron chi connectivity index (χ0n) is 11.8. The molecule has 1 saturated carbocycles. The minimum Gasteiger partial charge on any atom is -0.308 e. The van der Waals surface area contributed by atoms with Crippen LogP contribution in [0.15, 0.2) is 5.38 Å². The van der Waals surface area contributed by atoms with Gasteiger partial charge in [-0.3, -0.25) is 4.90 Å². The standard InChI is InChI=1S/C14H25N3S/c1-4-7-17(11(2)3)9-13-10-18-14(16-13)8-15-12-5-6-12/h10-12,15H,4-9H2,1-3H3. The molecule has 0 aliphatic heterocycles. The van der Waals surface area contributed by atoms with Crippen LogP contribution in [0.1, 0.15) is 50.7 Å². The Morgan fingerprint density at radius 2 is 2.28 bits per heavy atom. The number of thiazole rings is 1. The smallest absolute Gasteiger partial charge is 0.107 e. The first kappa shape index (κ1) is 14.0. The van der Waals surface area contributed by atoms with Gasteiger partial charge in [-0.25, -0.2) is 4.98 Å². The first-order valence-corrected chi connectivity index (χ1v) is 7.97. The number of hydrogen-bond acceptors (Lipinski definition) is 4. The third kappa shape index (κ3) is 4.34. The Bertz CT molecular complexity index is 358. The molecule has 3 nitrogen and oxygen atoms in total. The van der Waals surface area contributed by atoms with Crippen molar-refractivity contribution in [2.45, 2.75) is 65.2 Å². The zero-order valence-corrected chi connectivity index (χ0v) is 12.6. The fraction of sp³-hybridized carbons (Fsp3) is 0.786. The van der Waals surface area contributed by atoms with E-state index in [2.05, 4.69) is 36.4 Å². The summed E-state index contributed by atoms with van der Waals surface area (Å²) in [6.07, 6.45) is 3.89. The van der Waals surface area contributed by atoms with E-state index in [-0.39, 0.29) is 0 Å². The van der Waals surface area contributed by atoms with Crippen molar-refractivity contribution in [2.75, 3.05) is 6.54 Å². The van der Waals surface area contributed by atoms with E-state index in [4.69, 9.17) is 4.98 Å². The molecule has 0 radical (unpaired) electrons. The Labute approximate surface area is 115 Å². The molecule has 0 saturated heterocycles. The summed E-state index contributed by atoms with van der Waals surface area (Å²) in [5.74, 6) is 0. The predicted molar refractivity (Wildman–Crippen MR) is 77.8 cm³/mol. The van der Waals surface area contributed by atoms with Crippen LogP contribution in [0.2, 0.25) is 0 Å². The van der Waals surface area contributed by atoms with Gasteiger partial charge in [0.05, 0.1) is 5.69 Å². The summed E-state index contributed by atoms with van der Waals surface area (Å²) in [6, 6.07) is 1.37. The lowest BCUT2D eigenvalue weighted by Crippen LogP contribution is -2.31. The fourth-order valence-corrected chi connectivity index (χ4v) is 2.77. The van der Waals surface area contributed by atoms with Gasteiger partial charge in [0.2, 0.25) is 0 Å². The van der Waals surface area contributed by atoms with E-state index in [1.165, 1.54) is 30.0 Å². The van der Waals surface area contributed by atoms with Gasteiger partial charge in [0, 0.05) is 30.6 Å². The van der Waals surface area contributed by atoms with E-state index >= 15 is 0 Å². The maximum Gasteiger partial charge on any atom is 0.107 e. The highest BCUT2D eigenvalue weighted by Gasteiger charge is 2.20. The molecule has 1 N–H and O–H groups in total. The van der Waals surface area contributed by atoms with Gasteiger partial charge in [-0.2, -0.15) is 0 Å². The monoisotopic (exact) mass is 267 g/mol. The molecule has 1 heterocycles. The average Bonchev–Trinajstić information content (AvgIpc) is 3.06. The van der Waals surface area contributed by atoms with Crippen LogP contribution >= 0.6 is 11.3 Å². The lowest BCUT2D eigenvalue weighted by atomic mass is 10.2. The van der Waals surface area contributed by atoms with Crippen LogP contribution in [0, 0.1) is 0 Å². The van der Waals surface area contributed by atoms with Gasteiger partial charge in [-0.05, 0) is 39.7 Å². The van der Waals surface area contributed by atoms with Gasteiger partial charge in [0.15, 0.2) is 0 Å². The molecule has 102 valence electrons. The van der Waals surface area contributed by atoms with E-state index in [0.29, 0.717) is 6.04 Å². The van der Waals surface area contributed by atoms with E-state index < -0.39 is 0 Å². The highest BCUT2D eigenvalue weighted by atomic mass is 32.1. The highest BCUT2D eigenvalue weighted by Crippen LogP contribution is 2.20. The minimum atomic E-state index is 0.597. The number of nitrogens with zero attached hydrogens (tertiary/aromatic N) is 2. The summed E-state index contributed by atoms with van der Waals surface area (Å²) >= 11 is 1.79. The maximum absolute atomic E-state index is 4.73. The third-order valence-corrected chi connectivity index (χ3v) is 4.22. The zero-order chi connectivity index (χ0) is 13.0. The van der Waals surface area contributed by atoms with Crippen LogP contribution in [0.5, 0.6) is 0 Å². The van der Waals surface area contributed by atoms with Gasteiger partial charge < -0.3 is 5.32 Å². The van der Waals surface area contributed by atoms with E-state index in [1.54, 1.807) is 11.3 Å². The van der Waals surface area contributed by atoms with Crippen LogP contribution in [0.3, 0.4) is 0 Å². The number of hydrogen-bond donors (Lipinski definition) is 1. The van der Waals surface area contributed by atoms with E-state index in [0.717, 1.165) is 25.7 Å². The van der Waals surface area contributed by atoms with E-state index in [9.17, 15) is 0 Å². The Kier molecular flexibility index (Phi) is 5.15. The molecule has 1 aromatic heterocycles. The van der Waals surface area contributed by atoms with Crippen molar-refractivity contribution in [3.8, 4) is 0 Å². The molecule has 1 aliphatic carbocycles. The van der Waals surface area contributed by atoms with Crippen molar-refractivity contribution in [1.82, 2.24) is 15.2 Å². The molecule has 0 unspecified atom stereocenters. The topological polar surface area (TPSA) is 28.2 Å². The van der Waals surface area contributed by atoms with Crippen LogP contribution in [0.25, 0.3) is 0 Å². The SMILES string of the molecule is CCCN(Cc1csc(CNC2CC2)n1)C(C)C. The van der Waals surface area contributed by atoms with Crippen LogP contribution in [-0.4, -0.2) is 28.5 Å². The Morgan fingerprint density at radius 1 is 1.50 bits per heavy atom. The summed E-state index contributed by atoms with van der Waals surface area (Å²) in [6.45, 7) is 9.86. The second-order valence-corrected chi connectivity index (χ2v) is 6.39. The fourth-order valence-electron chi connectivity index (χ4n) is 2.04. The molecular weight excluding hydrogens is 242 g/mol. The second kappa shape index (κ2) is 6.64. The van der Waals surface area contributed by atoms with Gasteiger partial charge in [-0.1, -0.05) is 6.92 Å². The average molecular weight is 267 g/mol. The van der Waals surface area contributed by atoms with Gasteiger partial charge in [0.1, 0.15) is 5.01 Å². The first-order chi connectivity index (χ1) is 8.69. The maximum atomic E-state index is 4.73. The third-order valence-electron chi connectivity index (χ3n) is 3.32. The molecule has 1 aliphatic rings. The van der Waals surface area contributed by atoms with Crippen LogP contribution in [-0.2, 0) is 13.1 Å². The lowest BCUT2D eigenvalue weighted by Gasteiger charge is -2.24. The minimum absolute atomic E-state index is 0.597. The summed E-state index contributed by atoms with van der Waals surface area (Å²) in [5, 5.41) is 6.97. The summed E-state index contributed by atoms with van der Waals surface area (Å²) in [5.41, 5.74) is 1.23. The molecule has 0 spiro atoms. The van der Waals surface area contributed by atoms with Crippen LogP contribution < -0.4 is 5.32 Å². The van der Waals surface area contributed by atoms with Crippen LogP contribution in [0.4, 0.5) is 0 Å². The van der Waals surface area contributed by atoms with Crippen molar-refractivity contribution in [1.29, 1.82) is 0 Å². The van der Waals surface area contributed by atoms with Crippen molar-refractivity contribution in [2.24, 2.45) is 0 Å². The molecule has 0 atom stereocenters. The van der Waals surface area contributed by atoms with Crippen molar-refractivity contribution in [3.05, 3.63) is 16.1 Å². The molecular formula is C14H25N3S. The van der Waals surface area contributed by atoms with Gasteiger partial charge >= 0.3 is 0 Å². The van der Waals surface area contributed by atoms with Gasteiger partial charge in [0.25, 0.3) is 0 Å². The number of aromatic nitrogens is 1. The molecule has 0 bridgehead atoms.